The number of nitro benzene ring substituents is 1. The summed E-state index contributed by atoms with van der Waals surface area (Å²) in [6, 6.07) is 5.55. The zero-order valence-electron chi connectivity index (χ0n) is 10.5. The largest absolute Gasteiger partial charge is 0.423 e. The van der Waals surface area contributed by atoms with Gasteiger partial charge in [0.25, 0.3) is 11.7 Å². The lowest BCUT2D eigenvalue weighted by Gasteiger charge is -2.36. The van der Waals surface area contributed by atoms with Gasteiger partial charge in [-0.05, 0) is 13.0 Å². The van der Waals surface area contributed by atoms with Crippen LogP contribution >= 0.6 is 0 Å². The molecule has 0 amide bonds. The molecule has 1 saturated heterocycles. The molecule has 7 nitrogen and oxygen atoms in total. The summed E-state index contributed by atoms with van der Waals surface area (Å²) in [6.07, 6.45) is 0. The van der Waals surface area contributed by atoms with Crippen LogP contribution in [0, 0.1) is 10.1 Å². The van der Waals surface area contributed by atoms with Crippen LogP contribution < -0.4 is 10.2 Å². The van der Waals surface area contributed by atoms with Crippen LogP contribution in [-0.4, -0.2) is 35.6 Å². The number of non-ortho nitro benzene ring substituents is 1. The Bertz CT molecular complexity index is 620. The number of aromatic nitrogens is 1. The van der Waals surface area contributed by atoms with E-state index in [1.807, 2.05) is 11.8 Å². The number of rotatable bonds is 4. The number of benzene rings is 1. The molecule has 3 rings (SSSR count). The van der Waals surface area contributed by atoms with E-state index in [9.17, 15) is 10.1 Å². The summed E-state index contributed by atoms with van der Waals surface area (Å²) in [4.78, 5) is 16.9. The highest BCUT2D eigenvalue weighted by molar-refractivity contribution is 5.84. The van der Waals surface area contributed by atoms with Gasteiger partial charge in [-0.15, -0.1) is 0 Å². The summed E-state index contributed by atoms with van der Waals surface area (Å²) >= 11 is 0. The van der Waals surface area contributed by atoms with Crippen LogP contribution in [0.25, 0.3) is 11.1 Å². The molecule has 0 aliphatic carbocycles. The Morgan fingerprint density at radius 3 is 2.95 bits per heavy atom. The standard InChI is InChI=1S/C12H14N4O3/c1-2-15(8-6-13-7-8)12-14-11-9(16(17)18)4-3-5-10(11)19-12/h3-5,8,13H,2,6-7H2,1H3. The zero-order chi connectivity index (χ0) is 13.4. The van der Waals surface area contributed by atoms with Crippen LogP contribution in [0.15, 0.2) is 22.6 Å². The number of nitrogens with one attached hydrogen (secondary N) is 1. The Morgan fingerprint density at radius 2 is 2.37 bits per heavy atom. The minimum atomic E-state index is -0.435. The Morgan fingerprint density at radius 1 is 1.58 bits per heavy atom. The first-order chi connectivity index (χ1) is 9.20. The lowest BCUT2D eigenvalue weighted by molar-refractivity contribution is -0.383. The number of nitrogens with zero attached hydrogens (tertiary/aromatic N) is 3. The first kappa shape index (κ1) is 11.9. The summed E-state index contributed by atoms with van der Waals surface area (Å²) in [7, 11) is 0. The Kier molecular flexibility index (Phi) is 2.83. The lowest BCUT2D eigenvalue weighted by Crippen LogP contribution is -2.57. The monoisotopic (exact) mass is 262 g/mol. The number of likely N-dealkylation sites (N-methyl/N-ethyl adjacent to an activating group) is 1. The molecule has 0 radical (unpaired) electrons. The molecule has 100 valence electrons. The van der Waals surface area contributed by atoms with Gasteiger partial charge in [0.15, 0.2) is 11.1 Å². The van der Waals surface area contributed by atoms with Gasteiger partial charge in [-0.1, -0.05) is 6.07 Å². The molecule has 0 unspecified atom stereocenters. The number of fused-ring (bicyclic) bond motifs is 1. The molecule has 1 aromatic carbocycles. The van der Waals surface area contributed by atoms with Crippen molar-refractivity contribution in [1.82, 2.24) is 10.3 Å². The third kappa shape index (κ3) is 1.91. The molecule has 0 atom stereocenters. The topological polar surface area (TPSA) is 84.4 Å². The fourth-order valence-electron chi connectivity index (χ4n) is 2.24. The molecule has 19 heavy (non-hydrogen) atoms. The van der Waals surface area contributed by atoms with Crippen LogP contribution in [-0.2, 0) is 0 Å². The second-order valence-electron chi connectivity index (χ2n) is 4.48. The van der Waals surface area contributed by atoms with E-state index in [4.69, 9.17) is 4.42 Å². The Hall–Kier alpha value is -2.15. The van der Waals surface area contributed by atoms with E-state index in [1.54, 1.807) is 12.1 Å². The molecule has 1 aliphatic heterocycles. The van der Waals surface area contributed by atoms with Gasteiger partial charge < -0.3 is 14.6 Å². The maximum Gasteiger partial charge on any atom is 0.298 e. The quantitative estimate of drug-likeness (QED) is 0.664. The average Bonchev–Trinajstić information content (AvgIpc) is 2.75. The summed E-state index contributed by atoms with van der Waals surface area (Å²) in [6.45, 7) is 4.54. The third-order valence-corrected chi connectivity index (χ3v) is 3.37. The molecule has 2 aromatic rings. The van der Waals surface area contributed by atoms with Crippen LogP contribution in [0.5, 0.6) is 0 Å². The molecular formula is C12H14N4O3. The SMILES string of the molecule is CCN(c1nc2c([N+](=O)[O-])cccc2o1)C1CNC1. The first-order valence-electron chi connectivity index (χ1n) is 6.22. The highest BCUT2D eigenvalue weighted by atomic mass is 16.6. The fraction of sp³-hybridized carbons (Fsp3) is 0.417. The number of nitro groups is 1. The van der Waals surface area contributed by atoms with E-state index < -0.39 is 4.92 Å². The average molecular weight is 262 g/mol. The molecular weight excluding hydrogens is 248 g/mol. The first-order valence-corrected chi connectivity index (χ1v) is 6.22. The van der Waals surface area contributed by atoms with E-state index in [2.05, 4.69) is 10.3 Å². The number of para-hydroxylation sites is 1. The van der Waals surface area contributed by atoms with Crippen molar-refractivity contribution in [3.8, 4) is 0 Å². The van der Waals surface area contributed by atoms with Gasteiger partial charge >= 0.3 is 0 Å². The van der Waals surface area contributed by atoms with E-state index in [0.717, 1.165) is 19.6 Å². The van der Waals surface area contributed by atoms with Gasteiger partial charge in [-0.25, -0.2) is 0 Å². The van der Waals surface area contributed by atoms with E-state index >= 15 is 0 Å². The van der Waals surface area contributed by atoms with Gasteiger partial charge in [-0.3, -0.25) is 10.1 Å². The molecule has 7 heteroatoms. The van der Waals surface area contributed by atoms with Crippen LogP contribution in [0.3, 0.4) is 0 Å². The summed E-state index contributed by atoms with van der Waals surface area (Å²) in [5.74, 6) is 0. The van der Waals surface area contributed by atoms with Gasteiger partial charge in [0.2, 0.25) is 0 Å². The van der Waals surface area contributed by atoms with Crippen molar-refractivity contribution in [3.05, 3.63) is 28.3 Å². The molecule has 1 N–H and O–H groups in total. The van der Waals surface area contributed by atoms with Gasteiger partial charge in [-0.2, -0.15) is 4.98 Å². The summed E-state index contributed by atoms with van der Waals surface area (Å²) in [5.41, 5.74) is 0.749. The van der Waals surface area contributed by atoms with Gasteiger partial charge in [0.1, 0.15) is 0 Å². The van der Waals surface area contributed by atoms with E-state index in [1.165, 1.54) is 6.07 Å². The van der Waals surface area contributed by atoms with E-state index in [-0.39, 0.29) is 5.69 Å². The fourth-order valence-corrected chi connectivity index (χ4v) is 2.24. The highest BCUT2D eigenvalue weighted by Crippen LogP contribution is 2.29. The second kappa shape index (κ2) is 4.51. The molecule has 0 saturated carbocycles. The van der Waals surface area contributed by atoms with E-state index in [0.29, 0.717) is 23.2 Å². The Balaban J connectivity index is 2.05. The number of hydrogen-bond acceptors (Lipinski definition) is 6. The smallest absolute Gasteiger partial charge is 0.298 e. The zero-order valence-corrected chi connectivity index (χ0v) is 10.5. The summed E-state index contributed by atoms with van der Waals surface area (Å²) < 4.78 is 5.65. The normalized spacial score (nSPS) is 15.4. The highest BCUT2D eigenvalue weighted by Gasteiger charge is 2.28. The van der Waals surface area contributed by atoms with Crippen molar-refractivity contribution < 1.29 is 9.34 Å². The van der Waals surface area contributed by atoms with Crippen molar-refractivity contribution in [2.45, 2.75) is 13.0 Å². The number of anilines is 1. The number of oxazole rings is 1. The lowest BCUT2D eigenvalue weighted by atomic mass is 10.1. The van der Waals surface area contributed by atoms with Crippen LogP contribution in [0.4, 0.5) is 11.7 Å². The number of hydrogen-bond donors (Lipinski definition) is 1. The Labute approximate surface area is 109 Å². The molecule has 0 spiro atoms. The molecule has 2 heterocycles. The van der Waals surface area contributed by atoms with Crippen LogP contribution in [0.1, 0.15) is 6.92 Å². The van der Waals surface area contributed by atoms with Crippen molar-refractivity contribution in [1.29, 1.82) is 0 Å². The minimum absolute atomic E-state index is 0.0183. The third-order valence-electron chi connectivity index (χ3n) is 3.37. The van der Waals surface area contributed by atoms with Crippen molar-refractivity contribution in [2.24, 2.45) is 0 Å². The second-order valence-corrected chi connectivity index (χ2v) is 4.48. The maximum atomic E-state index is 11.0. The molecule has 1 aliphatic rings. The maximum absolute atomic E-state index is 11.0. The van der Waals surface area contributed by atoms with Crippen molar-refractivity contribution in [2.75, 3.05) is 24.5 Å². The van der Waals surface area contributed by atoms with Gasteiger partial charge in [0.05, 0.1) is 11.0 Å². The van der Waals surface area contributed by atoms with Crippen molar-refractivity contribution >= 4 is 22.8 Å². The van der Waals surface area contributed by atoms with Gasteiger partial charge in [0, 0.05) is 25.7 Å². The predicted molar refractivity (Wildman–Crippen MR) is 70.3 cm³/mol. The molecule has 1 aromatic heterocycles. The van der Waals surface area contributed by atoms with Crippen LogP contribution in [0.2, 0.25) is 0 Å². The molecule has 1 fully saturated rings. The summed E-state index contributed by atoms with van der Waals surface area (Å²) in [5, 5.41) is 14.2. The predicted octanol–water partition coefficient (Wildman–Crippen LogP) is 1.53. The molecule has 0 bridgehead atoms. The van der Waals surface area contributed by atoms with Crippen molar-refractivity contribution in [3.63, 3.8) is 0 Å². The minimum Gasteiger partial charge on any atom is -0.423 e.